The molecule has 3 aliphatic rings. The first kappa shape index (κ1) is 50.5. The zero-order chi connectivity index (χ0) is 49.9. The summed E-state index contributed by atoms with van der Waals surface area (Å²) in [6.07, 6.45) is 5.20. The predicted octanol–water partition coefficient (Wildman–Crippen LogP) is 4.03. The van der Waals surface area contributed by atoms with Crippen LogP contribution in [-0.2, 0) is 41.6 Å². The number of para-hydroxylation sites is 1. The number of halogens is 1. The van der Waals surface area contributed by atoms with Crippen LogP contribution in [0.4, 0.5) is 28.1 Å². The lowest BCUT2D eigenvalue weighted by Gasteiger charge is -2.35. The number of carbonyl (C=O) groups excluding carboxylic acids is 6. The molecule has 2 saturated heterocycles. The smallest absolute Gasteiger partial charge is 0.267 e. The van der Waals surface area contributed by atoms with Crippen molar-refractivity contribution in [3.63, 3.8) is 0 Å². The Morgan fingerprint density at radius 2 is 1.68 bits per heavy atom. The average molecular weight is 1010 g/mol. The molecule has 6 amide bonds. The van der Waals surface area contributed by atoms with Gasteiger partial charge in [-0.05, 0) is 56.9 Å². The minimum Gasteiger partial charge on any atom is -0.382 e. The van der Waals surface area contributed by atoms with Gasteiger partial charge in [-0.3, -0.25) is 39.0 Å². The van der Waals surface area contributed by atoms with Crippen molar-refractivity contribution in [3.8, 4) is 0 Å². The lowest BCUT2D eigenvalue weighted by Crippen LogP contribution is -2.54. The van der Waals surface area contributed by atoms with E-state index in [1.54, 1.807) is 28.9 Å². The van der Waals surface area contributed by atoms with Crippen LogP contribution in [0.25, 0.3) is 0 Å². The van der Waals surface area contributed by atoms with Crippen molar-refractivity contribution in [1.29, 1.82) is 0 Å². The molecule has 0 bridgehead atoms. The minimum atomic E-state index is -1.03. The maximum atomic E-state index is 13.2. The van der Waals surface area contributed by atoms with Gasteiger partial charge in [0.15, 0.2) is 5.13 Å². The average Bonchev–Trinajstić information content (AvgIpc) is 4.08. The number of nitrogens with zero attached hydrogens (tertiary/aromatic N) is 9. The molecule has 0 spiro atoms. The van der Waals surface area contributed by atoms with Crippen LogP contribution in [0.5, 0.6) is 0 Å². The summed E-state index contributed by atoms with van der Waals surface area (Å²) < 4.78 is 18.7. The fourth-order valence-corrected chi connectivity index (χ4v) is 9.22. The van der Waals surface area contributed by atoms with E-state index >= 15 is 0 Å². The van der Waals surface area contributed by atoms with Gasteiger partial charge in [0.25, 0.3) is 17.7 Å². The van der Waals surface area contributed by atoms with Crippen molar-refractivity contribution in [2.75, 3.05) is 93.2 Å². The van der Waals surface area contributed by atoms with Gasteiger partial charge in [-0.15, -0.1) is 5.10 Å². The highest BCUT2D eigenvalue weighted by Gasteiger charge is 2.45. The summed E-state index contributed by atoms with van der Waals surface area (Å²) in [4.78, 5) is 95.2. The molecule has 2 fully saturated rings. The largest absolute Gasteiger partial charge is 0.382 e. The highest BCUT2D eigenvalue weighted by atomic mass is 35.5. The third-order valence-electron chi connectivity index (χ3n) is 11.9. The van der Waals surface area contributed by atoms with Crippen molar-refractivity contribution in [3.05, 3.63) is 93.0 Å². The van der Waals surface area contributed by atoms with Crippen LogP contribution < -0.4 is 26.2 Å². The molecule has 24 heteroatoms. The van der Waals surface area contributed by atoms with E-state index in [0.717, 1.165) is 22.0 Å². The van der Waals surface area contributed by atoms with E-state index in [0.29, 0.717) is 136 Å². The molecule has 3 aromatic heterocycles. The second-order valence-electron chi connectivity index (χ2n) is 16.8. The number of hydrogen-bond acceptors (Lipinski definition) is 18. The van der Waals surface area contributed by atoms with Gasteiger partial charge in [-0.1, -0.05) is 46.4 Å². The molecule has 1 unspecified atom stereocenters. The number of amides is 6. The molecule has 22 nitrogen and oxygen atoms in total. The molecule has 374 valence electrons. The molecule has 1 atom stereocenters. The molecule has 5 aromatic rings. The predicted molar refractivity (Wildman–Crippen MR) is 262 cm³/mol. The maximum Gasteiger partial charge on any atom is 0.267 e. The Kier molecular flexibility index (Phi) is 16.9. The van der Waals surface area contributed by atoms with E-state index in [-0.39, 0.29) is 35.8 Å². The Balaban J connectivity index is 0.653. The number of benzene rings is 2. The van der Waals surface area contributed by atoms with Crippen molar-refractivity contribution in [2.45, 2.75) is 58.5 Å². The number of ether oxygens (including phenoxy) is 3. The first-order valence-electron chi connectivity index (χ1n) is 23.3. The van der Waals surface area contributed by atoms with E-state index in [1.807, 2.05) is 43.1 Å². The lowest BCUT2D eigenvalue weighted by atomic mass is 10.0. The number of aromatic nitrogens is 6. The minimum absolute atomic E-state index is 0.0537. The van der Waals surface area contributed by atoms with Crippen LogP contribution in [0.15, 0.2) is 54.9 Å². The van der Waals surface area contributed by atoms with Crippen LogP contribution in [-0.4, -0.2) is 154 Å². The molecule has 6 heterocycles. The molecular formula is C47H54ClN13O9S. The summed E-state index contributed by atoms with van der Waals surface area (Å²) in [5.74, 6) is -0.561. The van der Waals surface area contributed by atoms with Gasteiger partial charge >= 0.3 is 0 Å². The lowest BCUT2D eigenvalue weighted by molar-refractivity contribution is -0.136. The number of anilines is 5. The molecule has 2 aromatic carbocycles. The third kappa shape index (κ3) is 12.9. The Bertz CT molecular complexity index is 2740. The van der Waals surface area contributed by atoms with Gasteiger partial charge in [0.1, 0.15) is 28.4 Å². The van der Waals surface area contributed by atoms with Gasteiger partial charge in [-0.25, -0.2) is 19.6 Å². The number of nitrogens with one attached hydrogen (secondary N) is 4. The van der Waals surface area contributed by atoms with Crippen LogP contribution in [0.1, 0.15) is 73.2 Å². The number of rotatable bonds is 23. The van der Waals surface area contributed by atoms with E-state index in [1.165, 1.54) is 17.5 Å². The number of thiazole rings is 1. The number of piperidine rings is 1. The standard InChI is InChI=1S/C47H54ClN13O9S/c1-29-6-3-9-33(48)42(29)55-44(65)36-27-50-47(71-36)53-37-26-38(52-30(2)51-37)58-15-17-59(18-16-58)40(63)11-4-7-31-28-60(57-56-31)19-21-69-23-25-70-24-22-68-20-14-49-34-10-5-8-32-41(34)46(67)61(45(32)66)35-12-13-39(62)54-43(35)64/h3,5-6,8-10,26-28,35,49H,4,7,11-25H2,1-2H3,(H,55,65)(H,54,62,64)(H,50,51,52,53). The number of imide groups is 2. The number of fused-ring (bicyclic) bond motifs is 1. The highest BCUT2D eigenvalue weighted by molar-refractivity contribution is 7.17. The summed E-state index contributed by atoms with van der Waals surface area (Å²) in [6.45, 7) is 9.17. The van der Waals surface area contributed by atoms with Gasteiger partial charge < -0.3 is 40.0 Å². The van der Waals surface area contributed by atoms with Crippen molar-refractivity contribution in [1.82, 2.24) is 45.1 Å². The number of aryl methyl sites for hydroxylation is 3. The molecule has 0 aliphatic carbocycles. The fourth-order valence-electron chi connectivity index (χ4n) is 8.24. The van der Waals surface area contributed by atoms with E-state index < -0.39 is 29.7 Å². The second kappa shape index (κ2) is 23.8. The molecule has 0 radical (unpaired) electrons. The van der Waals surface area contributed by atoms with Crippen LogP contribution in [0.2, 0.25) is 5.02 Å². The normalized spacial score (nSPS) is 15.8. The van der Waals surface area contributed by atoms with Crippen molar-refractivity contribution in [2.24, 2.45) is 0 Å². The summed E-state index contributed by atoms with van der Waals surface area (Å²) in [5, 5.41) is 20.8. The molecule has 3 aliphatic heterocycles. The van der Waals surface area contributed by atoms with Crippen molar-refractivity contribution >= 4 is 86.5 Å². The quantitative estimate of drug-likeness (QED) is 0.0532. The maximum absolute atomic E-state index is 13.2. The Labute approximate surface area is 417 Å². The van der Waals surface area contributed by atoms with Gasteiger partial charge in [-0.2, -0.15) is 0 Å². The number of piperazine rings is 1. The zero-order valence-electron chi connectivity index (χ0n) is 39.3. The van der Waals surface area contributed by atoms with E-state index in [9.17, 15) is 28.8 Å². The molecule has 8 rings (SSSR count). The Hall–Kier alpha value is -6.92. The Morgan fingerprint density at radius 1 is 0.915 bits per heavy atom. The Morgan fingerprint density at radius 3 is 2.45 bits per heavy atom. The first-order valence-corrected chi connectivity index (χ1v) is 24.5. The first-order chi connectivity index (χ1) is 34.4. The van der Waals surface area contributed by atoms with Crippen molar-refractivity contribution < 1.29 is 43.0 Å². The SMILES string of the molecule is Cc1nc(Nc2ncc(C(=O)Nc3c(C)cccc3Cl)s2)cc(N2CCN(C(=O)CCCc3cn(CCOCCOCCOCCNc4cccc5c4C(=O)N(C4CCC(=O)NC4=O)C5=O)nn3)CC2)n1. The highest BCUT2D eigenvalue weighted by Crippen LogP contribution is 2.33. The molecule has 0 saturated carbocycles. The van der Waals surface area contributed by atoms with Crippen LogP contribution in [0, 0.1) is 13.8 Å². The monoisotopic (exact) mass is 1010 g/mol. The molecule has 4 N–H and O–H groups in total. The van der Waals surface area contributed by atoms with Gasteiger partial charge in [0.2, 0.25) is 17.7 Å². The van der Waals surface area contributed by atoms with Gasteiger partial charge in [0, 0.05) is 63.5 Å². The van der Waals surface area contributed by atoms with Crippen LogP contribution >= 0.6 is 22.9 Å². The fraction of sp³-hybridized carbons (Fsp3) is 0.426. The zero-order valence-corrected chi connectivity index (χ0v) is 40.9. The topological polar surface area (TPSA) is 257 Å². The van der Waals surface area contributed by atoms with Gasteiger partial charge in [0.05, 0.1) is 79.9 Å². The summed E-state index contributed by atoms with van der Waals surface area (Å²) in [7, 11) is 0. The van der Waals surface area contributed by atoms with Crippen LogP contribution in [0.3, 0.4) is 0 Å². The second-order valence-corrected chi connectivity index (χ2v) is 18.3. The number of carbonyl (C=O) groups is 6. The summed E-state index contributed by atoms with van der Waals surface area (Å²) in [5.41, 5.74) is 3.10. The summed E-state index contributed by atoms with van der Waals surface area (Å²) in [6, 6.07) is 11.1. The van der Waals surface area contributed by atoms with E-state index in [4.69, 9.17) is 25.8 Å². The van der Waals surface area contributed by atoms with E-state index in [2.05, 4.69) is 51.4 Å². The third-order valence-corrected chi connectivity index (χ3v) is 13.1. The number of hydrogen-bond donors (Lipinski definition) is 4. The molecular weight excluding hydrogens is 958 g/mol. The molecule has 71 heavy (non-hydrogen) atoms. The summed E-state index contributed by atoms with van der Waals surface area (Å²) >= 11 is 7.49.